The maximum Gasteiger partial charge on any atom is 0.338 e. The van der Waals surface area contributed by atoms with Gasteiger partial charge in [-0.15, -0.1) is 0 Å². The van der Waals surface area contributed by atoms with Crippen LogP contribution in [0.15, 0.2) is 66.4 Å². The van der Waals surface area contributed by atoms with E-state index in [1.54, 1.807) is 50.2 Å². The summed E-state index contributed by atoms with van der Waals surface area (Å²) in [7, 11) is 1.39. The molecule has 1 aliphatic heterocycles. The molecule has 0 spiro atoms. The van der Waals surface area contributed by atoms with Gasteiger partial charge < -0.3 is 14.6 Å². The number of aromatic nitrogens is 1. The molecule has 10 heteroatoms. The Morgan fingerprint density at radius 1 is 1.03 bits per heavy atom. The highest BCUT2D eigenvalue weighted by Crippen LogP contribution is 2.43. The van der Waals surface area contributed by atoms with Gasteiger partial charge in [-0.05, 0) is 56.3 Å². The molecule has 0 radical (unpaired) electrons. The highest BCUT2D eigenvalue weighted by Gasteiger charge is 2.47. The van der Waals surface area contributed by atoms with Crippen molar-refractivity contribution in [2.24, 2.45) is 0 Å². The summed E-state index contributed by atoms with van der Waals surface area (Å²) in [6.45, 7) is 3.44. The number of ketones is 1. The molecule has 3 aromatic rings. The Morgan fingerprint density at radius 2 is 1.73 bits per heavy atom. The second kappa shape index (κ2) is 10.6. The van der Waals surface area contributed by atoms with Crippen LogP contribution in [0.2, 0.25) is 10.0 Å². The fourth-order valence-electron chi connectivity index (χ4n) is 4.03. The number of aliphatic hydroxyl groups is 1. The number of Topliss-reactive ketones (excluding diaryl/α,β-unsaturated/α-hetero) is 1. The Labute approximate surface area is 223 Å². The number of carbonyl (C=O) groups is 3. The monoisotopic (exact) mass is 540 g/mol. The molecule has 2 heterocycles. The van der Waals surface area contributed by atoms with Crippen molar-refractivity contribution >= 4 is 52.3 Å². The van der Waals surface area contributed by atoms with Crippen LogP contribution in [0.3, 0.4) is 0 Å². The number of rotatable bonds is 6. The molecule has 1 N–H and O–H groups in total. The average Bonchev–Trinajstić information content (AvgIpc) is 3.14. The lowest BCUT2D eigenvalue weighted by atomic mass is 9.98. The molecule has 1 aliphatic rings. The minimum Gasteiger partial charge on any atom is -0.507 e. The zero-order valence-corrected chi connectivity index (χ0v) is 21.6. The molecule has 37 heavy (non-hydrogen) atoms. The number of carbonyl (C=O) groups excluding carboxylic acids is 3. The fourth-order valence-corrected chi connectivity index (χ4v) is 4.67. The summed E-state index contributed by atoms with van der Waals surface area (Å²) in [6, 6.07) is 12.8. The van der Waals surface area contributed by atoms with E-state index >= 15 is 0 Å². The lowest BCUT2D eigenvalue weighted by Gasteiger charge is -2.25. The van der Waals surface area contributed by atoms with Gasteiger partial charge in [-0.2, -0.15) is 0 Å². The third-order valence-corrected chi connectivity index (χ3v) is 6.15. The standard InChI is InChI=1S/C27H22Cl2N2O6/c1-14(2)37-27(35)15-7-6-8-17(11-15)31-22(20-9-4-5-10-30-20)21(24(33)26(31)34)23(32)16-12-18(28)25(36-3)19(29)13-16/h4-14,22,32H,1-3H3/b23-21+. The zero-order chi connectivity index (χ0) is 26.9. The first-order chi connectivity index (χ1) is 17.6. The number of amides is 1. The molecule has 1 amide bonds. The number of benzene rings is 2. The van der Waals surface area contributed by atoms with Crippen LogP contribution in [0.5, 0.6) is 5.75 Å². The normalized spacial score (nSPS) is 16.8. The van der Waals surface area contributed by atoms with Gasteiger partial charge >= 0.3 is 5.97 Å². The third-order valence-electron chi connectivity index (χ3n) is 5.59. The summed E-state index contributed by atoms with van der Waals surface area (Å²) in [6.07, 6.45) is 1.16. The number of methoxy groups -OCH3 is 1. The Hall–Kier alpha value is -3.88. The minimum absolute atomic E-state index is 0.108. The first-order valence-corrected chi connectivity index (χ1v) is 12.0. The fraction of sp³-hybridized carbons (Fsp3) is 0.185. The molecular formula is C27H22Cl2N2O6. The number of ether oxygens (including phenoxy) is 2. The maximum atomic E-state index is 13.3. The van der Waals surface area contributed by atoms with Crippen LogP contribution in [-0.4, -0.2) is 41.0 Å². The lowest BCUT2D eigenvalue weighted by molar-refractivity contribution is -0.132. The van der Waals surface area contributed by atoms with Crippen molar-refractivity contribution in [2.45, 2.75) is 26.0 Å². The van der Waals surface area contributed by atoms with Gasteiger partial charge in [-0.3, -0.25) is 19.5 Å². The minimum atomic E-state index is -1.10. The zero-order valence-electron chi connectivity index (χ0n) is 20.1. The van der Waals surface area contributed by atoms with Crippen molar-refractivity contribution in [1.82, 2.24) is 4.98 Å². The number of hydrogen-bond acceptors (Lipinski definition) is 7. The Morgan fingerprint density at radius 3 is 2.32 bits per heavy atom. The summed E-state index contributed by atoms with van der Waals surface area (Å²) in [5.41, 5.74) is 0.673. The topological polar surface area (TPSA) is 106 Å². The maximum absolute atomic E-state index is 13.3. The van der Waals surface area contributed by atoms with Crippen LogP contribution in [0, 0.1) is 0 Å². The van der Waals surface area contributed by atoms with Gasteiger partial charge in [-0.1, -0.05) is 35.3 Å². The van der Waals surface area contributed by atoms with Gasteiger partial charge in [0, 0.05) is 17.4 Å². The van der Waals surface area contributed by atoms with E-state index in [0.717, 1.165) is 0 Å². The Balaban J connectivity index is 1.90. The van der Waals surface area contributed by atoms with E-state index in [0.29, 0.717) is 5.69 Å². The number of halogens is 2. The summed E-state index contributed by atoms with van der Waals surface area (Å²) in [5, 5.41) is 11.5. The lowest BCUT2D eigenvalue weighted by Crippen LogP contribution is -2.30. The SMILES string of the molecule is COc1c(Cl)cc(/C(O)=C2\C(=O)C(=O)N(c3cccc(C(=O)OC(C)C)c3)C2c2ccccn2)cc1Cl. The van der Waals surface area contributed by atoms with E-state index in [9.17, 15) is 19.5 Å². The number of hydrogen-bond donors (Lipinski definition) is 1. The van der Waals surface area contributed by atoms with Gasteiger partial charge in [0.25, 0.3) is 11.7 Å². The largest absolute Gasteiger partial charge is 0.507 e. The summed E-state index contributed by atoms with van der Waals surface area (Å²) in [4.78, 5) is 44.7. The molecule has 1 aromatic heterocycles. The molecule has 1 unspecified atom stereocenters. The summed E-state index contributed by atoms with van der Waals surface area (Å²) >= 11 is 12.5. The van der Waals surface area contributed by atoms with Crippen molar-refractivity contribution in [3.63, 3.8) is 0 Å². The van der Waals surface area contributed by atoms with Gasteiger partial charge in [-0.25, -0.2) is 4.79 Å². The molecule has 0 saturated carbocycles. The van der Waals surface area contributed by atoms with E-state index in [-0.39, 0.29) is 44.3 Å². The second-order valence-corrected chi connectivity index (χ2v) is 9.22. The van der Waals surface area contributed by atoms with E-state index in [4.69, 9.17) is 32.7 Å². The number of anilines is 1. The first-order valence-electron chi connectivity index (χ1n) is 11.2. The number of esters is 1. The Kier molecular flexibility index (Phi) is 7.52. The predicted molar refractivity (Wildman–Crippen MR) is 139 cm³/mol. The van der Waals surface area contributed by atoms with Crippen LogP contribution in [-0.2, 0) is 14.3 Å². The molecule has 2 aromatic carbocycles. The highest BCUT2D eigenvalue weighted by atomic mass is 35.5. The van der Waals surface area contributed by atoms with Gasteiger partial charge in [0.1, 0.15) is 11.8 Å². The van der Waals surface area contributed by atoms with Crippen LogP contribution >= 0.6 is 23.2 Å². The number of pyridine rings is 1. The third kappa shape index (κ3) is 5.03. The van der Waals surface area contributed by atoms with Crippen LogP contribution in [0.4, 0.5) is 5.69 Å². The van der Waals surface area contributed by atoms with Crippen molar-refractivity contribution in [3.8, 4) is 5.75 Å². The first kappa shape index (κ1) is 26.2. The smallest absolute Gasteiger partial charge is 0.338 e. The van der Waals surface area contributed by atoms with Crippen molar-refractivity contribution in [1.29, 1.82) is 0 Å². The quantitative estimate of drug-likeness (QED) is 0.188. The molecule has 1 saturated heterocycles. The molecule has 1 fully saturated rings. The van der Waals surface area contributed by atoms with Gasteiger partial charge in [0.05, 0.1) is 40.1 Å². The second-order valence-electron chi connectivity index (χ2n) is 8.40. The highest BCUT2D eigenvalue weighted by molar-refractivity contribution is 6.51. The van der Waals surface area contributed by atoms with Gasteiger partial charge in [0.15, 0.2) is 5.75 Å². The van der Waals surface area contributed by atoms with E-state index in [1.165, 1.54) is 36.4 Å². The molecule has 190 valence electrons. The molecule has 0 aliphatic carbocycles. The average molecular weight is 541 g/mol. The van der Waals surface area contributed by atoms with Gasteiger partial charge in [0.2, 0.25) is 0 Å². The van der Waals surface area contributed by atoms with Crippen molar-refractivity contribution in [2.75, 3.05) is 12.0 Å². The van der Waals surface area contributed by atoms with Crippen LogP contribution < -0.4 is 9.64 Å². The van der Waals surface area contributed by atoms with Crippen LogP contribution in [0.25, 0.3) is 5.76 Å². The summed E-state index contributed by atoms with van der Waals surface area (Å²) < 4.78 is 10.4. The van der Waals surface area contributed by atoms with Crippen LogP contribution in [0.1, 0.15) is 41.5 Å². The van der Waals surface area contributed by atoms with E-state index in [1.807, 2.05) is 0 Å². The van der Waals surface area contributed by atoms with Crippen molar-refractivity contribution in [3.05, 3.63) is 93.2 Å². The number of aliphatic hydroxyl groups excluding tert-OH is 1. The Bertz CT molecular complexity index is 1400. The molecule has 1 atom stereocenters. The summed E-state index contributed by atoms with van der Waals surface area (Å²) in [5.74, 6) is -2.71. The molecule has 4 rings (SSSR count). The van der Waals surface area contributed by atoms with E-state index < -0.39 is 29.5 Å². The predicted octanol–water partition coefficient (Wildman–Crippen LogP) is 5.59. The molecular weight excluding hydrogens is 519 g/mol. The number of nitrogens with zero attached hydrogens (tertiary/aromatic N) is 2. The molecule has 8 nitrogen and oxygen atoms in total. The van der Waals surface area contributed by atoms with Crippen molar-refractivity contribution < 1.29 is 29.0 Å². The van der Waals surface area contributed by atoms with E-state index in [2.05, 4.69) is 4.98 Å². The molecule has 0 bridgehead atoms.